The second-order valence-electron chi connectivity index (χ2n) is 6.61. The zero-order chi connectivity index (χ0) is 18.4. The predicted molar refractivity (Wildman–Crippen MR) is 107 cm³/mol. The number of nitrogens with two attached hydrogens (primary N) is 1. The van der Waals surface area contributed by atoms with E-state index in [0.29, 0.717) is 29.3 Å². The average Bonchev–Trinajstić information content (AvgIpc) is 3.14. The van der Waals surface area contributed by atoms with E-state index in [1.807, 2.05) is 18.2 Å². The molecule has 3 rings (SSSR count). The van der Waals surface area contributed by atoms with Crippen LogP contribution < -0.4 is 15.8 Å². The monoisotopic (exact) mass is 388 g/mol. The lowest BCUT2D eigenvalue weighted by Gasteiger charge is -2.19. The largest absolute Gasteiger partial charge is 0.484 e. The molecule has 1 aliphatic rings. The summed E-state index contributed by atoms with van der Waals surface area (Å²) in [7, 11) is 0. The van der Waals surface area contributed by atoms with Crippen molar-refractivity contribution in [2.75, 3.05) is 13.2 Å². The van der Waals surface area contributed by atoms with Gasteiger partial charge >= 0.3 is 0 Å². The number of benzene rings is 2. The van der Waals surface area contributed by atoms with E-state index >= 15 is 0 Å². The van der Waals surface area contributed by atoms with Gasteiger partial charge in [-0.25, -0.2) is 0 Å². The lowest BCUT2D eigenvalue weighted by Crippen LogP contribution is -2.42. The van der Waals surface area contributed by atoms with Gasteiger partial charge in [-0.1, -0.05) is 36.8 Å². The van der Waals surface area contributed by atoms with Gasteiger partial charge in [0.25, 0.3) is 5.91 Å². The second kappa shape index (κ2) is 10.1. The Labute approximate surface area is 165 Å². The van der Waals surface area contributed by atoms with Crippen LogP contribution in [0, 0.1) is 5.92 Å². The number of ketones is 1. The number of ether oxygens (including phenoxy) is 1. The summed E-state index contributed by atoms with van der Waals surface area (Å²) in [5.41, 5.74) is 6.97. The van der Waals surface area contributed by atoms with Gasteiger partial charge in [0.05, 0.1) is 0 Å². The molecular weight excluding hydrogens is 364 g/mol. The van der Waals surface area contributed by atoms with Gasteiger partial charge in [0, 0.05) is 17.2 Å². The van der Waals surface area contributed by atoms with Crippen LogP contribution in [0.2, 0.25) is 0 Å². The molecule has 1 amide bonds. The van der Waals surface area contributed by atoms with Gasteiger partial charge in [-0.15, -0.1) is 12.4 Å². The second-order valence-corrected chi connectivity index (χ2v) is 6.61. The quantitative estimate of drug-likeness (QED) is 0.714. The van der Waals surface area contributed by atoms with E-state index in [0.717, 1.165) is 19.3 Å². The van der Waals surface area contributed by atoms with E-state index in [1.54, 1.807) is 36.4 Å². The maximum Gasteiger partial charge on any atom is 0.258 e. The molecule has 6 heteroatoms. The van der Waals surface area contributed by atoms with Crippen LogP contribution in [-0.2, 0) is 4.79 Å². The van der Waals surface area contributed by atoms with Gasteiger partial charge in [0.2, 0.25) is 0 Å². The van der Waals surface area contributed by atoms with Crippen LogP contribution in [-0.4, -0.2) is 30.9 Å². The molecule has 144 valence electrons. The number of hydrogen-bond donors (Lipinski definition) is 2. The normalized spacial score (nSPS) is 18.4. The van der Waals surface area contributed by atoms with Gasteiger partial charge in [-0.05, 0) is 49.6 Å². The Morgan fingerprint density at radius 2 is 1.67 bits per heavy atom. The Morgan fingerprint density at radius 3 is 2.33 bits per heavy atom. The summed E-state index contributed by atoms with van der Waals surface area (Å²) in [6.45, 7) is 0.558. The molecule has 1 fully saturated rings. The van der Waals surface area contributed by atoms with Gasteiger partial charge in [0.1, 0.15) is 5.75 Å². The molecule has 0 aromatic heterocycles. The molecule has 0 radical (unpaired) electrons. The summed E-state index contributed by atoms with van der Waals surface area (Å²) in [5, 5.41) is 3.00. The van der Waals surface area contributed by atoms with Crippen LogP contribution in [0.5, 0.6) is 5.75 Å². The molecule has 5 nitrogen and oxygen atoms in total. The highest BCUT2D eigenvalue weighted by molar-refractivity contribution is 6.08. The number of amides is 1. The van der Waals surface area contributed by atoms with Crippen LogP contribution in [0.4, 0.5) is 0 Å². The Balaban J connectivity index is 0.00000261. The lowest BCUT2D eigenvalue weighted by atomic mass is 10.0. The van der Waals surface area contributed by atoms with Crippen molar-refractivity contribution in [1.82, 2.24) is 5.32 Å². The Hall–Kier alpha value is -2.37. The van der Waals surface area contributed by atoms with E-state index in [1.165, 1.54) is 0 Å². The zero-order valence-corrected chi connectivity index (χ0v) is 15.9. The fourth-order valence-corrected chi connectivity index (χ4v) is 3.37. The van der Waals surface area contributed by atoms with Crippen molar-refractivity contribution in [1.29, 1.82) is 0 Å². The minimum atomic E-state index is -0.139. The number of nitrogens with one attached hydrogen (secondary N) is 1. The van der Waals surface area contributed by atoms with Crippen molar-refractivity contribution >= 4 is 24.1 Å². The Kier molecular flexibility index (Phi) is 7.82. The van der Waals surface area contributed by atoms with Crippen molar-refractivity contribution in [3.63, 3.8) is 0 Å². The minimum absolute atomic E-state index is 0. The number of carbonyl (C=O) groups excluding carboxylic acids is 2. The summed E-state index contributed by atoms with van der Waals surface area (Å²) in [4.78, 5) is 24.4. The summed E-state index contributed by atoms with van der Waals surface area (Å²) in [6.07, 6.45) is 3.15. The molecule has 2 aromatic carbocycles. The number of halogens is 1. The molecule has 27 heavy (non-hydrogen) atoms. The van der Waals surface area contributed by atoms with Gasteiger partial charge in [0.15, 0.2) is 12.4 Å². The van der Waals surface area contributed by atoms with Crippen molar-refractivity contribution in [2.24, 2.45) is 11.7 Å². The molecule has 2 unspecified atom stereocenters. The molecule has 3 N–H and O–H groups in total. The first-order chi connectivity index (χ1) is 12.7. The highest BCUT2D eigenvalue weighted by Gasteiger charge is 2.27. The highest BCUT2D eigenvalue weighted by Crippen LogP contribution is 2.24. The van der Waals surface area contributed by atoms with E-state index in [9.17, 15) is 9.59 Å². The minimum Gasteiger partial charge on any atom is -0.484 e. The first-order valence-corrected chi connectivity index (χ1v) is 8.99. The van der Waals surface area contributed by atoms with Crippen molar-refractivity contribution in [3.05, 3.63) is 65.7 Å². The molecule has 0 saturated heterocycles. The SMILES string of the molecule is Cl.NCC1CCCC1NC(=O)COc1ccc(C(=O)c2ccccc2)cc1. The van der Waals surface area contributed by atoms with E-state index < -0.39 is 0 Å². The maximum atomic E-state index is 12.4. The maximum absolute atomic E-state index is 12.4. The van der Waals surface area contributed by atoms with Gasteiger partial charge < -0.3 is 15.8 Å². The molecule has 1 saturated carbocycles. The van der Waals surface area contributed by atoms with Crippen LogP contribution in [0.3, 0.4) is 0 Å². The Morgan fingerprint density at radius 1 is 1.00 bits per heavy atom. The third kappa shape index (κ3) is 5.55. The summed E-state index contributed by atoms with van der Waals surface area (Å²) in [5.74, 6) is 0.748. The first kappa shape index (κ1) is 20.9. The van der Waals surface area contributed by atoms with Crippen LogP contribution in [0.1, 0.15) is 35.2 Å². The summed E-state index contributed by atoms with van der Waals surface area (Å²) < 4.78 is 5.53. The molecule has 0 spiro atoms. The molecule has 0 bridgehead atoms. The molecule has 0 heterocycles. The summed E-state index contributed by atoms with van der Waals surface area (Å²) in [6, 6.07) is 16.1. The molecule has 2 aromatic rings. The fraction of sp³-hybridized carbons (Fsp3) is 0.333. The van der Waals surface area contributed by atoms with E-state index in [-0.39, 0.29) is 36.7 Å². The number of rotatable bonds is 7. The van der Waals surface area contributed by atoms with Gasteiger partial charge in [-0.2, -0.15) is 0 Å². The molecular formula is C21H25ClN2O3. The third-order valence-corrected chi connectivity index (χ3v) is 4.83. The smallest absolute Gasteiger partial charge is 0.258 e. The first-order valence-electron chi connectivity index (χ1n) is 8.99. The molecule has 2 atom stereocenters. The average molecular weight is 389 g/mol. The van der Waals surface area contributed by atoms with Crippen LogP contribution in [0.15, 0.2) is 54.6 Å². The van der Waals surface area contributed by atoms with E-state index in [2.05, 4.69) is 5.32 Å². The molecule has 1 aliphatic carbocycles. The highest BCUT2D eigenvalue weighted by atomic mass is 35.5. The zero-order valence-electron chi connectivity index (χ0n) is 15.1. The third-order valence-electron chi connectivity index (χ3n) is 4.83. The standard InChI is InChI=1S/C21H24N2O3.ClH/c22-13-17-7-4-8-19(17)23-20(24)14-26-18-11-9-16(10-12-18)21(25)15-5-2-1-3-6-15;/h1-3,5-6,9-12,17,19H,4,7-8,13-14,22H2,(H,23,24);1H. The topological polar surface area (TPSA) is 81.4 Å². The van der Waals surface area contributed by atoms with Crippen molar-refractivity contribution in [3.8, 4) is 5.75 Å². The van der Waals surface area contributed by atoms with E-state index in [4.69, 9.17) is 10.5 Å². The van der Waals surface area contributed by atoms with Crippen molar-refractivity contribution in [2.45, 2.75) is 25.3 Å². The van der Waals surface area contributed by atoms with Crippen LogP contribution >= 0.6 is 12.4 Å². The van der Waals surface area contributed by atoms with Crippen LogP contribution in [0.25, 0.3) is 0 Å². The molecule has 0 aliphatic heterocycles. The number of carbonyl (C=O) groups is 2. The predicted octanol–water partition coefficient (Wildman–Crippen LogP) is 2.96. The summed E-state index contributed by atoms with van der Waals surface area (Å²) >= 11 is 0. The number of hydrogen-bond acceptors (Lipinski definition) is 4. The van der Waals surface area contributed by atoms with Gasteiger partial charge in [-0.3, -0.25) is 9.59 Å². The Bertz CT molecular complexity index is 750. The fourth-order valence-electron chi connectivity index (χ4n) is 3.37. The lowest BCUT2D eigenvalue weighted by molar-refractivity contribution is -0.124. The van der Waals surface area contributed by atoms with Crippen molar-refractivity contribution < 1.29 is 14.3 Å².